The zero-order valence-electron chi connectivity index (χ0n) is 13.4. The number of pyridine rings is 2. The standard InChI is InChI=1S/C18H12F4N2O2/c1-25-16-7-12(13(19)8-14(16)20)11-3-2-6-23-18(11)26-10-4-5-15(17(21)22)24-9-10/h2-9,17H,1H3. The predicted octanol–water partition coefficient (Wildman–Crippen LogP) is 5.16. The second-order valence-corrected chi connectivity index (χ2v) is 5.14. The second-order valence-electron chi connectivity index (χ2n) is 5.14. The minimum atomic E-state index is -2.70. The highest BCUT2D eigenvalue weighted by atomic mass is 19.3. The van der Waals surface area contributed by atoms with E-state index in [1.165, 1.54) is 31.5 Å². The van der Waals surface area contributed by atoms with Gasteiger partial charge in [-0.1, -0.05) is 0 Å². The van der Waals surface area contributed by atoms with E-state index in [0.717, 1.165) is 12.3 Å². The molecule has 3 aromatic rings. The molecule has 0 fully saturated rings. The third-order valence-corrected chi connectivity index (χ3v) is 3.50. The minimum absolute atomic E-state index is 0.00616. The largest absolute Gasteiger partial charge is 0.494 e. The summed E-state index contributed by atoms with van der Waals surface area (Å²) < 4.78 is 63.4. The van der Waals surface area contributed by atoms with Crippen LogP contribution < -0.4 is 9.47 Å². The van der Waals surface area contributed by atoms with Gasteiger partial charge in [-0.25, -0.2) is 22.5 Å². The molecule has 0 saturated heterocycles. The summed E-state index contributed by atoms with van der Waals surface area (Å²) in [5.74, 6) is -1.66. The van der Waals surface area contributed by atoms with Gasteiger partial charge in [0.05, 0.1) is 13.3 Å². The maximum atomic E-state index is 14.2. The molecule has 0 aliphatic heterocycles. The van der Waals surface area contributed by atoms with Crippen LogP contribution in [-0.2, 0) is 0 Å². The van der Waals surface area contributed by atoms with Gasteiger partial charge in [0.15, 0.2) is 11.6 Å². The number of hydrogen-bond acceptors (Lipinski definition) is 4. The average Bonchev–Trinajstić information content (AvgIpc) is 2.63. The first kappa shape index (κ1) is 17.7. The van der Waals surface area contributed by atoms with Crippen LogP contribution in [0.15, 0.2) is 48.8 Å². The van der Waals surface area contributed by atoms with Crippen LogP contribution in [0, 0.1) is 11.6 Å². The van der Waals surface area contributed by atoms with Crippen LogP contribution in [0.1, 0.15) is 12.1 Å². The third kappa shape index (κ3) is 3.58. The molecule has 0 N–H and O–H groups in total. The summed E-state index contributed by atoms with van der Waals surface area (Å²) in [5, 5.41) is 0. The number of rotatable bonds is 5. The molecule has 4 nitrogen and oxygen atoms in total. The summed E-state index contributed by atoms with van der Waals surface area (Å²) in [7, 11) is 1.26. The lowest BCUT2D eigenvalue weighted by Crippen LogP contribution is -1.97. The first-order valence-corrected chi connectivity index (χ1v) is 7.40. The van der Waals surface area contributed by atoms with Crippen LogP contribution >= 0.6 is 0 Å². The number of hydrogen-bond donors (Lipinski definition) is 0. The average molecular weight is 364 g/mol. The van der Waals surface area contributed by atoms with Gasteiger partial charge in [0.2, 0.25) is 5.88 Å². The van der Waals surface area contributed by atoms with Crippen molar-refractivity contribution in [3.05, 3.63) is 66.1 Å². The molecule has 0 amide bonds. The summed E-state index contributed by atoms with van der Waals surface area (Å²) in [6.45, 7) is 0. The summed E-state index contributed by atoms with van der Waals surface area (Å²) in [4.78, 5) is 7.61. The number of ether oxygens (including phenoxy) is 2. The second kappa shape index (κ2) is 7.38. The lowest BCUT2D eigenvalue weighted by molar-refractivity contribution is 0.146. The minimum Gasteiger partial charge on any atom is -0.494 e. The van der Waals surface area contributed by atoms with Crippen LogP contribution in [0.25, 0.3) is 11.1 Å². The van der Waals surface area contributed by atoms with E-state index in [9.17, 15) is 17.6 Å². The van der Waals surface area contributed by atoms with Crippen molar-refractivity contribution in [2.24, 2.45) is 0 Å². The van der Waals surface area contributed by atoms with Crippen molar-refractivity contribution in [1.29, 1.82) is 0 Å². The van der Waals surface area contributed by atoms with E-state index in [1.807, 2.05) is 0 Å². The fourth-order valence-corrected chi connectivity index (χ4v) is 2.26. The molecular formula is C18H12F4N2O2. The molecule has 0 aliphatic carbocycles. The fraction of sp³-hybridized carbons (Fsp3) is 0.111. The van der Waals surface area contributed by atoms with Crippen molar-refractivity contribution in [1.82, 2.24) is 9.97 Å². The molecule has 0 bridgehead atoms. The first-order chi connectivity index (χ1) is 12.5. The van der Waals surface area contributed by atoms with Gasteiger partial charge in [-0.15, -0.1) is 0 Å². The molecule has 2 heterocycles. The molecule has 0 atom stereocenters. The molecule has 0 unspecified atom stereocenters. The summed E-state index contributed by atoms with van der Waals surface area (Å²) in [6.07, 6.45) is -0.171. The first-order valence-electron chi connectivity index (χ1n) is 7.40. The number of aromatic nitrogens is 2. The quantitative estimate of drug-likeness (QED) is 0.587. The van der Waals surface area contributed by atoms with Crippen LogP contribution in [-0.4, -0.2) is 17.1 Å². The maximum absolute atomic E-state index is 14.2. The molecular weight excluding hydrogens is 352 g/mol. The number of benzene rings is 1. The highest BCUT2D eigenvalue weighted by Gasteiger charge is 2.17. The van der Waals surface area contributed by atoms with Gasteiger partial charge in [-0.05, 0) is 30.3 Å². The van der Waals surface area contributed by atoms with Crippen LogP contribution in [0.5, 0.6) is 17.4 Å². The van der Waals surface area contributed by atoms with Gasteiger partial charge in [0.1, 0.15) is 17.3 Å². The number of halogens is 4. The van der Waals surface area contributed by atoms with Gasteiger partial charge in [-0.3, -0.25) is 4.98 Å². The Morgan fingerprint density at radius 2 is 1.77 bits per heavy atom. The lowest BCUT2D eigenvalue weighted by atomic mass is 10.1. The Bertz CT molecular complexity index is 918. The summed E-state index contributed by atoms with van der Waals surface area (Å²) in [5.41, 5.74) is -0.141. The van der Waals surface area contributed by atoms with E-state index < -0.39 is 23.8 Å². The smallest absolute Gasteiger partial charge is 0.280 e. The van der Waals surface area contributed by atoms with E-state index >= 15 is 0 Å². The van der Waals surface area contributed by atoms with E-state index in [0.29, 0.717) is 6.07 Å². The Hall–Kier alpha value is -3.16. The Morgan fingerprint density at radius 3 is 2.42 bits per heavy atom. The molecule has 0 radical (unpaired) electrons. The van der Waals surface area contributed by atoms with Gasteiger partial charge in [-0.2, -0.15) is 0 Å². The Morgan fingerprint density at radius 1 is 0.962 bits per heavy atom. The summed E-state index contributed by atoms with van der Waals surface area (Å²) in [6, 6.07) is 7.38. The van der Waals surface area contributed by atoms with Gasteiger partial charge in [0, 0.05) is 23.4 Å². The van der Waals surface area contributed by atoms with E-state index in [2.05, 4.69) is 9.97 Å². The van der Waals surface area contributed by atoms with Gasteiger partial charge in [0.25, 0.3) is 6.43 Å². The molecule has 3 rings (SSSR count). The fourth-order valence-electron chi connectivity index (χ4n) is 2.26. The highest BCUT2D eigenvalue weighted by Crippen LogP contribution is 2.35. The van der Waals surface area contributed by atoms with Crippen LogP contribution in [0.2, 0.25) is 0 Å². The zero-order chi connectivity index (χ0) is 18.7. The van der Waals surface area contributed by atoms with Gasteiger partial charge >= 0.3 is 0 Å². The van der Waals surface area contributed by atoms with Crippen molar-refractivity contribution in [3.63, 3.8) is 0 Å². The molecule has 0 spiro atoms. The zero-order valence-corrected chi connectivity index (χ0v) is 13.4. The number of nitrogens with zero attached hydrogens (tertiary/aromatic N) is 2. The van der Waals surface area contributed by atoms with Crippen molar-refractivity contribution in [2.45, 2.75) is 6.43 Å². The maximum Gasteiger partial charge on any atom is 0.280 e. The monoisotopic (exact) mass is 364 g/mol. The molecule has 8 heteroatoms. The normalized spacial score (nSPS) is 10.8. The Balaban J connectivity index is 1.99. The lowest BCUT2D eigenvalue weighted by Gasteiger charge is -2.12. The van der Waals surface area contributed by atoms with Crippen LogP contribution in [0.3, 0.4) is 0 Å². The number of alkyl halides is 2. The summed E-state index contributed by atoms with van der Waals surface area (Å²) >= 11 is 0. The predicted molar refractivity (Wildman–Crippen MR) is 85.4 cm³/mol. The van der Waals surface area contributed by atoms with Crippen molar-refractivity contribution in [2.75, 3.05) is 7.11 Å². The SMILES string of the molecule is COc1cc(-c2cccnc2Oc2ccc(C(F)F)nc2)c(F)cc1F. The highest BCUT2D eigenvalue weighted by molar-refractivity contribution is 5.71. The molecule has 0 aliphatic rings. The Labute approximate surface area is 146 Å². The van der Waals surface area contributed by atoms with Crippen molar-refractivity contribution >= 4 is 0 Å². The molecule has 0 saturated carbocycles. The topological polar surface area (TPSA) is 44.2 Å². The Kier molecular flexibility index (Phi) is 5.01. The van der Waals surface area contributed by atoms with Gasteiger partial charge < -0.3 is 9.47 Å². The molecule has 1 aromatic carbocycles. The van der Waals surface area contributed by atoms with Crippen molar-refractivity contribution < 1.29 is 27.0 Å². The van der Waals surface area contributed by atoms with Crippen LogP contribution in [0.4, 0.5) is 17.6 Å². The molecule has 26 heavy (non-hydrogen) atoms. The van der Waals surface area contributed by atoms with Crippen molar-refractivity contribution in [3.8, 4) is 28.5 Å². The van der Waals surface area contributed by atoms with E-state index in [4.69, 9.17) is 9.47 Å². The molecule has 134 valence electrons. The van der Waals surface area contributed by atoms with E-state index in [1.54, 1.807) is 6.07 Å². The number of methoxy groups -OCH3 is 1. The molecule has 2 aromatic heterocycles. The van der Waals surface area contributed by atoms with E-state index in [-0.39, 0.29) is 28.5 Å². The third-order valence-electron chi connectivity index (χ3n) is 3.50.